The molecule has 1 aromatic carbocycles. The van der Waals surface area contributed by atoms with E-state index in [0.717, 1.165) is 0 Å². The maximum absolute atomic E-state index is 15.1. The second-order valence-electron chi connectivity index (χ2n) is 15.0. The Labute approximate surface area is 269 Å². The van der Waals surface area contributed by atoms with Gasteiger partial charge in [0.1, 0.15) is 17.8 Å². The van der Waals surface area contributed by atoms with Crippen LogP contribution in [0.4, 0.5) is 0 Å². The first-order valence-electron chi connectivity index (χ1n) is 15.8. The standard InChI is InChI=1S/C35H46O11/c1-18-22(46-31(4,5)6)16-35(41)29(44-30(40)21-13-11-10-12-14-21)27-33(9,23(38)15-24-34(27,17-42-24)45-20(3)37)28(39)26(43-19(2)36)25(18)32(35,7)8/h10-14,22-24,26-27,29,38,41H,15-17H2,1-9H3/t22-,23-,24+,26+,27+,29+,33+,34?,35+/m0/s1. The number of benzene rings is 1. The van der Waals surface area contributed by atoms with Crippen molar-refractivity contribution in [1.82, 2.24) is 0 Å². The number of carbonyl (C=O) groups excluding carboxylic acids is 4. The topological polar surface area (TPSA) is 155 Å². The molecule has 1 aromatic rings. The predicted octanol–water partition coefficient (Wildman–Crippen LogP) is 3.48. The molecule has 46 heavy (non-hydrogen) atoms. The number of ketones is 1. The lowest BCUT2D eigenvalue weighted by Crippen LogP contribution is -2.82. The van der Waals surface area contributed by atoms with Crippen LogP contribution < -0.4 is 0 Å². The highest BCUT2D eigenvalue weighted by molar-refractivity contribution is 5.95. The summed E-state index contributed by atoms with van der Waals surface area (Å²) < 4.78 is 30.6. The number of hydrogen-bond donors (Lipinski definition) is 2. The van der Waals surface area contributed by atoms with Crippen molar-refractivity contribution in [2.45, 2.75) is 122 Å². The maximum Gasteiger partial charge on any atom is 0.338 e. The van der Waals surface area contributed by atoms with Gasteiger partial charge in [-0.3, -0.25) is 14.4 Å². The van der Waals surface area contributed by atoms with E-state index in [9.17, 15) is 24.6 Å². The molecule has 11 nitrogen and oxygen atoms in total. The van der Waals surface area contributed by atoms with Gasteiger partial charge in [0.25, 0.3) is 0 Å². The quantitative estimate of drug-likeness (QED) is 0.276. The summed E-state index contributed by atoms with van der Waals surface area (Å²) in [5, 5.41) is 25.2. The van der Waals surface area contributed by atoms with E-state index < -0.39 is 87.8 Å². The number of aliphatic hydroxyl groups is 2. The van der Waals surface area contributed by atoms with Gasteiger partial charge in [-0.15, -0.1) is 0 Å². The van der Waals surface area contributed by atoms with Gasteiger partial charge in [-0.2, -0.15) is 0 Å². The van der Waals surface area contributed by atoms with Crippen LogP contribution in [0.1, 0.15) is 85.5 Å². The molecule has 1 saturated heterocycles. The summed E-state index contributed by atoms with van der Waals surface area (Å²) in [6.45, 7) is 14.5. The lowest BCUT2D eigenvalue weighted by molar-refractivity contribution is -0.346. The number of carbonyl (C=O) groups is 4. The van der Waals surface area contributed by atoms with Crippen molar-refractivity contribution in [2.24, 2.45) is 16.7 Å². The van der Waals surface area contributed by atoms with Crippen LogP contribution in [0.25, 0.3) is 0 Å². The van der Waals surface area contributed by atoms with Gasteiger partial charge in [0, 0.05) is 32.1 Å². The fourth-order valence-electron chi connectivity index (χ4n) is 8.44. The van der Waals surface area contributed by atoms with Gasteiger partial charge in [0.2, 0.25) is 0 Å². The van der Waals surface area contributed by atoms with Gasteiger partial charge in [-0.05, 0) is 57.9 Å². The largest absolute Gasteiger partial charge is 0.455 e. The second kappa shape index (κ2) is 11.2. The van der Waals surface area contributed by atoms with Gasteiger partial charge >= 0.3 is 17.9 Å². The van der Waals surface area contributed by atoms with Crippen molar-refractivity contribution in [2.75, 3.05) is 6.61 Å². The van der Waals surface area contributed by atoms with Crippen molar-refractivity contribution in [3.63, 3.8) is 0 Å². The SMILES string of the molecule is CC(=O)O[C@H]1C(=O)[C@]2(C)[C@@H](O)C[C@H]3OCC3(OC(C)=O)[C@@H]2[C@@H](OC(=O)c2ccccc2)[C@]2(O)C[C@H](OC(C)(C)C)C(C)=C1C2(C)C. The van der Waals surface area contributed by atoms with Gasteiger partial charge in [0.05, 0.1) is 41.3 Å². The Morgan fingerprint density at radius 1 is 1.00 bits per heavy atom. The van der Waals surface area contributed by atoms with E-state index in [1.165, 1.54) is 20.8 Å². The molecule has 252 valence electrons. The molecule has 9 atom stereocenters. The summed E-state index contributed by atoms with van der Waals surface area (Å²) in [6, 6.07) is 8.21. The van der Waals surface area contributed by atoms with Crippen molar-refractivity contribution in [3.05, 3.63) is 47.0 Å². The number of hydrogen-bond acceptors (Lipinski definition) is 11. The molecule has 0 spiro atoms. The number of ether oxygens (including phenoxy) is 5. The molecule has 3 fully saturated rings. The first-order chi connectivity index (χ1) is 21.2. The molecule has 1 heterocycles. The Bertz CT molecular complexity index is 1460. The minimum atomic E-state index is -2.02. The van der Waals surface area contributed by atoms with Crippen LogP contribution in [0.2, 0.25) is 0 Å². The Morgan fingerprint density at radius 3 is 2.15 bits per heavy atom. The van der Waals surface area contributed by atoms with Crippen LogP contribution in [-0.4, -0.2) is 87.8 Å². The highest BCUT2D eigenvalue weighted by Crippen LogP contribution is 2.64. The molecule has 3 aliphatic carbocycles. The van der Waals surface area contributed by atoms with Crippen LogP contribution in [0.5, 0.6) is 0 Å². The Morgan fingerprint density at radius 2 is 1.63 bits per heavy atom. The summed E-state index contributed by atoms with van der Waals surface area (Å²) in [7, 11) is 0. The van der Waals surface area contributed by atoms with Gasteiger partial charge in [-0.25, -0.2) is 4.79 Å². The third-order valence-electron chi connectivity index (χ3n) is 10.7. The Balaban J connectivity index is 1.86. The summed E-state index contributed by atoms with van der Waals surface area (Å²) in [5.74, 6) is -4.19. The van der Waals surface area contributed by atoms with E-state index in [1.807, 2.05) is 20.8 Å². The van der Waals surface area contributed by atoms with E-state index in [4.69, 9.17) is 23.7 Å². The van der Waals surface area contributed by atoms with E-state index in [1.54, 1.807) is 51.1 Å². The molecule has 0 aromatic heterocycles. The average molecular weight is 643 g/mol. The molecule has 2 saturated carbocycles. The van der Waals surface area contributed by atoms with Crippen molar-refractivity contribution >= 4 is 23.7 Å². The first-order valence-corrected chi connectivity index (χ1v) is 15.8. The van der Waals surface area contributed by atoms with E-state index in [2.05, 4.69) is 0 Å². The average Bonchev–Trinajstić information content (AvgIpc) is 2.94. The van der Waals surface area contributed by atoms with Gasteiger partial charge < -0.3 is 33.9 Å². The Hall–Kier alpha value is -3.12. The van der Waals surface area contributed by atoms with Crippen LogP contribution in [0.3, 0.4) is 0 Å². The van der Waals surface area contributed by atoms with Crippen molar-refractivity contribution < 1.29 is 53.1 Å². The molecule has 11 heteroatoms. The monoisotopic (exact) mass is 642 g/mol. The van der Waals surface area contributed by atoms with Crippen LogP contribution >= 0.6 is 0 Å². The zero-order valence-electron chi connectivity index (χ0n) is 28.0. The summed E-state index contributed by atoms with van der Waals surface area (Å²) in [6.07, 6.45) is -6.34. The fraction of sp³-hybridized carbons (Fsp3) is 0.657. The Kier molecular flexibility index (Phi) is 8.37. The molecule has 1 aliphatic heterocycles. The second-order valence-corrected chi connectivity index (χ2v) is 15.0. The minimum Gasteiger partial charge on any atom is -0.455 e. The molecule has 1 unspecified atom stereocenters. The third-order valence-corrected chi connectivity index (χ3v) is 10.7. The molecule has 2 N–H and O–H groups in total. The summed E-state index contributed by atoms with van der Waals surface area (Å²) >= 11 is 0. The molecule has 0 amide bonds. The molecular formula is C35H46O11. The molecule has 0 radical (unpaired) electrons. The molecule has 5 rings (SSSR count). The normalized spacial score (nSPS) is 38.3. The maximum atomic E-state index is 15.1. The minimum absolute atomic E-state index is 0.0895. The first kappa shape index (κ1) is 34.2. The lowest BCUT2D eigenvalue weighted by atomic mass is 9.44. The predicted molar refractivity (Wildman–Crippen MR) is 163 cm³/mol. The number of esters is 3. The van der Waals surface area contributed by atoms with Crippen LogP contribution in [0.15, 0.2) is 41.5 Å². The number of fused-ring (bicyclic) bond motifs is 5. The zero-order valence-corrected chi connectivity index (χ0v) is 28.0. The van der Waals surface area contributed by atoms with E-state index in [-0.39, 0.29) is 25.0 Å². The van der Waals surface area contributed by atoms with E-state index in [0.29, 0.717) is 11.1 Å². The highest BCUT2D eigenvalue weighted by Gasteiger charge is 2.78. The molecular weight excluding hydrogens is 596 g/mol. The number of Topliss-reactive ketones (excluding diaryl/α,β-unsaturated/α-hetero) is 1. The number of aliphatic hydroxyl groups excluding tert-OH is 1. The third kappa shape index (κ3) is 5.10. The van der Waals surface area contributed by atoms with Crippen LogP contribution in [0, 0.1) is 16.7 Å². The number of rotatable bonds is 5. The smallest absolute Gasteiger partial charge is 0.338 e. The zero-order chi connectivity index (χ0) is 34.2. The molecule has 2 bridgehead atoms. The highest BCUT2D eigenvalue weighted by atomic mass is 16.6. The van der Waals surface area contributed by atoms with Gasteiger partial charge in [0.15, 0.2) is 17.5 Å². The lowest BCUT2D eigenvalue weighted by Gasteiger charge is -2.67. The van der Waals surface area contributed by atoms with Crippen molar-refractivity contribution in [1.29, 1.82) is 0 Å². The van der Waals surface area contributed by atoms with Crippen LogP contribution in [-0.2, 0) is 38.1 Å². The van der Waals surface area contributed by atoms with Gasteiger partial charge in [-0.1, -0.05) is 32.0 Å². The fourth-order valence-corrected chi connectivity index (χ4v) is 8.44. The van der Waals surface area contributed by atoms with Crippen molar-refractivity contribution in [3.8, 4) is 0 Å². The van der Waals surface area contributed by atoms with E-state index >= 15 is 4.79 Å². The summed E-state index contributed by atoms with van der Waals surface area (Å²) in [5.41, 5.74) is -6.45. The summed E-state index contributed by atoms with van der Waals surface area (Å²) in [4.78, 5) is 54.5. The molecule has 4 aliphatic rings.